The van der Waals surface area contributed by atoms with Gasteiger partial charge in [0.2, 0.25) is 0 Å². The summed E-state index contributed by atoms with van der Waals surface area (Å²) in [4.78, 5) is 26.6. The largest absolute Gasteiger partial charge is 0.480 e. The van der Waals surface area contributed by atoms with E-state index in [-0.39, 0.29) is 0 Å². The first-order valence-electron chi connectivity index (χ1n) is 6.31. The molecule has 0 aliphatic heterocycles. The second-order valence-corrected chi connectivity index (χ2v) is 4.73. The van der Waals surface area contributed by atoms with E-state index < -0.39 is 17.5 Å². The third-order valence-electron chi connectivity index (χ3n) is 3.42. The minimum Gasteiger partial charge on any atom is -0.480 e. The summed E-state index contributed by atoms with van der Waals surface area (Å²) in [6.45, 7) is 0.464. The highest BCUT2D eigenvalue weighted by Crippen LogP contribution is 2.31. The molecule has 1 aromatic heterocycles. The monoisotopic (exact) mass is 263 g/mol. The molecule has 6 nitrogen and oxygen atoms in total. The Kier molecular flexibility index (Phi) is 3.99. The van der Waals surface area contributed by atoms with Crippen LogP contribution >= 0.6 is 0 Å². The zero-order chi connectivity index (χ0) is 13.7. The van der Waals surface area contributed by atoms with E-state index in [1.54, 1.807) is 12.4 Å². The summed E-state index contributed by atoms with van der Waals surface area (Å²) in [5.74, 6) is -0.956. The van der Waals surface area contributed by atoms with Crippen LogP contribution in [0.1, 0.15) is 24.8 Å². The fourth-order valence-corrected chi connectivity index (χ4v) is 2.05. The molecule has 1 heterocycles. The summed E-state index contributed by atoms with van der Waals surface area (Å²) in [7, 11) is 0. The molecule has 19 heavy (non-hydrogen) atoms. The van der Waals surface area contributed by atoms with E-state index in [1.165, 1.54) is 0 Å². The van der Waals surface area contributed by atoms with Crippen LogP contribution in [0.15, 0.2) is 24.5 Å². The van der Waals surface area contributed by atoms with E-state index in [2.05, 4.69) is 15.6 Å². The maximum Gasteiger partial charge on any atom is 0.329 e. The molecule has 3 N–H and O–H groups in total. The number of urea groups is 1. The maximum absolute atomic E-state index is 11.6. The van der Waals surface area contributed by atoms with Crippen molar-refractivity contribution in [1.82, 2.24) is 15.6 Å². The van der Waals surface area contributed by atoms with Gasteiger partial charge in [0.1, 0.15) is 5.54 Å². The maximum atomic E-state index is 11.6. The molecule has 1 saturated carbocycles. The van der Waals surface area contributed by atoms with Crippen molar-refractivity contribution in [3.63, 3.8) is 0 Å². The number of carbonyl (C=O) groups excluding carboxylic acids is 1. The molecular formula is C13H17N3O3. The number of aromatic nitrogens is 1. The van der Waals surface area contributed by atoms with Crippen molar-refractivity contribution in [2.45, 2.75) is 31.2 Å². The Bertz CT molecular complexity index is 457. The third-order valence-corrected chi connectivity index (χ3v) is 3.42. The van der Waals surface area contributed by atoms with Crippen molar-refractivity contribution in [2.24, 2.45) is 0 Å². The number of pyridine rings is 1. The van der Waals surface area contributed by atoms with Gasteiger partial charge in [-0.15, -0.1) is 0 Å². The molecule has 2 amide bonds. The minimum atomic E-state index is -1.05. The number of aliphatic carboxylic acids is 1. The van der Waals surface area contributed by atoms with E-state index in [0.717, 1.165) is 12.0 Å². The van der Waals surface area contributed by atoms with Crippen LogP contribution in [0.5, 0.6) is 0 Å². The normalized spacial score (nSPS) is 16.2. The average molecular weight is 263 g/mol. The van der Waals surface area contributed by atoms with Gasteiger partial charge < -0.3 is 15.7 Å². The predicted molar refractivity (Wildman–Crippen MR) is 68.7 cm³/mol. The molecular weight excluding hydrogens is 246 g/mol. The van der Waals surface area contributed by atoms with Gasteiger partial charge in [0.25, 0.3) is 0 Å². The lowest BCUT2D eigenvalue weighted by atomic mass is 9.77. The number of hydrogen-bond acceptors (Lipinski definition) is 3. The SMILES string of the molecule is O=C(NCCc1ccncc1)NC1(C(=O)O)CCC1. The highest BCUT2D eigenvalue weighted by atomic mass is 16.4. The van der Waals surface area contributed by atoms with Gasteiger partial charge in [-0.05, 0) is 43.4 Å². The summed E-state index contributed by atoms with van der Waals surface area (Å²) in [6.07, 6.45) is 5.92. The molecule has 1 aliphatic rings. The van der Waals surface area contributed by atoms with Crippen molar-refractivity contribution >= 4 is 12.0 Å². The fourth-order valence-electron chi connectivity index (χ4n) is 2.05. The van der Waals surface area contributed by atoms with Gasteiger partial charge in [0.15, 0.2) is 0 Å². The summed E-state index contributed by atoms with van der Waals surface area (Å²) >= 11 is 0. The molecule has 1 fully saturated rings. The van der Waals surface area contributed by atoms with Crippen molar-refractivity contribution < 1.29 is 14.7 Å². The molecule has 0 radical (unpaired) electrons. The van der Waals surface area contributed by atoms with Crippen molar-refractivity contribution in [2.75, 3.05) is 6.54 Å². The summed E-state index contributed by atoms with van der Waals surface area (Å²) in [5, 5.41) is 14.3. The van der Waals surface area contributed by atoms with Crippen molar-refractivity contribution in [1.29, 1.82) is 0 Å². The van der Waals surface area contributed by atoms with Gasteiger partial charge in [-0.1, -0.05) is 0 Å². The van der Waals surface area contributed by atoms with Crippen LogP contribution in [0.25, 0.3) is 0 Å². The molecule has 0 spiro atoms. The number of nitrogens with one attached hydrogen (secondary N) is 2. The molecule has 1 aliphatic carbocycles. The number of hydrogen-bond donors (Lipinski definition) is 3. The molecule has 2 rings (SSSR count). The average Bonchev–Trinajstić information content (AvgIpc) is 2.34. The van der Waals surface area contributed by atoms with Gasteiger partial charge in [0, 0.05) is 18.9 Å². The molecule has 1 aromatic rings. The Morgan fingerprint density at radius 3 is 2.53 bits per heavy atom. The predicted octanol–water partition coefficient (Wildman–Crippen LogP) is 0.931. The summed E-state index contributed by atoms with van der Waals surface area (Å²) in [6, 6.07) is 3.34. The van der Waals surface area contributed by atoms with Crippen LogP contribution < -0.4 is 10.6 Å². The second kappa shape index (κ2) is 5.69. The van der Waals surface area contributed by atoms with Crippen LogP contribution in [-0.2, 0) is 11.2 Å². The lowest BCUT2D eigenvalue weighted by Crippen LogP contribution is -2.61. The minimum absolute atomic E-state index is 0.420. The standard InChI is InChI=1S/C13H17N3O3/c17-11(18)13(5-1-6-13)16-12(19)15-9-4-10-2-7-14-8-3-10/h2-3,7-8H,1,4-6,9H2,(H,17,18)(H2,15,16,19). The van der Waals surface area contributed by atoms with E-state index in [1.807, 2.05) is 12.1 Å². The highest BCUT2D eigenvalue weighted by Gasteiger charge is 2.45. The van der Waals surface area contributed by atoms with Crippen LogP contribution in [0.3, 0.4) is 0 Å². The van der Waals surface area contributed by atoms with Gasteiger partial charge in [-0.2, -0.15) is 0 Å². The lowest BCUT2D eigenvalue weighted by molar-refractivity contribution is -0.148. The molecule has 6 heteroatoms. The van der Waals surface area contributed by atoms with Crippen molar-refractivity contribution in [3.8, 4) is 0 Å². The van der Waals surface area contributed by atoms with Gasteiger partial charge in [-0.25, -0.2) is 9.59 Å². The summed E-state index contributed by atoms with van der Waals surface area (Å²) in [5.41, 5.74) is 0.0210. The number of rotatable bonds is 5. The first kappa shape index (κ1) is 13.3. The first-order chi connectivity index (χ1) is 9.12. The van der Waals surface area contributed by atoms with Gasteiger partial charge in [0.05, 0.1) is 0 Å². The number of amides is 2. The zero-order valence-electron chi connectivity index (χ0n) is 10.6. The Labute approximate surface area is 111 Å². The highest BCUT2D eigenvalue weighted by molar-refractivity contribution is 5.87. The number of nitrogens with zero attached hydrogens (tertiary/aromatic N) is 1. The van der Waals surface area contributed by atoms with Crippen LogP contribution in [0.4, 0.5) is 4.79 Å². The Balaban J connectivity index is 1.74. The molecule has 0 bridgehead atoms. The van der Waals surface area contributed by atoms with Crippen LogP contribution in [-0.4, -0.2) is 34.2 Å². The summed E-state index contributed by atoms with van der Waals surface area (Å²) < 4.78 is 0. The molecule has 0 aromatic carbocycles. The Hall–Kier alpha value is -2.11. The molecule has 0 unspecified atom stereocenters. The lowest BCUT2D eigenvalue weighted by Gasteiger charge is -2.38. The zero-order valence-corrected chi connectivity index (χ0v) is 10.6. The van der Waals surface area contributed by atoms with E-state index >= 15 is 0 Å². The van der Waals surface area contributed by atoms with E-state index in [9.17, 15) is 9.59 Å². The van der Waals surface area contributed by atoms with Crippen molar-refractivity contribution in [3.05, 3.63) is 30.1 Å². The number of carboxylic acids is 1. The quantitative estimate of drug-likeness (QED) is 0.737. The Morgan fingerprint density at radius 2 is 2.00 bits per heavy atom. The molecule has 102 valence electrons. The first-order valence-corrected chi connectivity index (χ1v) is 6.31. The Morgan fingerprint density at radius 1 is 1.32 bits per heavy atom. The number of carbonyl (C=O) groups is 2. The van der Waals surface area contributed by atoms with E-state index in [4.69, 9.17) is 5.11 Å². The molecule has 0 saturated heterocycles. The molecule has 0 atom stereocenters. The number of carboxylic acid groups (broad SMARTS) is 1. The third kappa shape index (κ3) is 3.21. The van der Waals surface area contributed by atoms with Crippen LogP contribution in [0, 0.1) is 0 Å². The van der Waals surface area contributed by atoms with Crippen LogP contribution in [0.2, 0.25) is 0 Å². The smallest absolute Gasteiger partial charge is 0.329 e. The van der Waals surface area contributed by atoms with E-state index in [0.29, 0.717) is 25.8 Å². The topological polar surface area (TPSA) is 91.3 Å². The fraction of sp³-hybridized carbons (Fsp3) is 0.462. The van der Waals surface area contributed by atoms with Gasteiger partial charge in [-0.3, -0.25) is 4.98 Å². The van der Waals surface area contributed by atoms with Gasteiger partial charge >= 0.3 is 12.0 Å². The second-order valence-electron chi connectivity index (χ2n) is 4.73.